The molecule has 3 aromatic carbocycles. The minimum Gasteiger partial charge on any atom is -0.361 e. The second-order valence-corrected chi connectivity index (χ2v) is 14.8. The van der Waals surface area contributed by atoms with Crippen molar-refractivity contribution in [2.24, 2.45) is 5.73 Å². The first-order valence-electron chi connectivity index (χ1n) is 19.2. The van der Waals surface area contributed by atoms with Crippen molar-refractivity contribution in [3.8, 4) is 0 Å². The molecule has 0 aliphatic heterocycles. The highest BCUT2D eigenvalue weighted by atomic mass is 35.5. The van der Waals surface area contributed by atoms with Crippen molar-refractivity contribution in [2.45, 2.75) is 69.6 Å². The summed E-state index contributed by atoms with van der Waals surface area (Å²) in [7, 11) is 0. The molecule has 6 amide bonds. The molecule has 5 rings (SSSR count). The number of aromatic nitrogens is 3. The van der Waals surface area contributed by atoms with Crippen LogP contribution in [0.25, 0.3) is 10.9 Å². The highest BCUT2D eigenvalue weighted by Gasteiger charge is 2.30. The topological polar surface area (TPSA) is 240 Å². The molecule has 0 saturated heterocycles. The van der Waals surface area contributed by atoms with Gasteiger partial charge in [0.15, 0.2) is 0 Å². The fourth-order valence-corrected chi connectivity index (χ4v) is 6.91. The molecule has 2 aromatic heterocycles. The number of aromatic amines is 2. The number of rotatable bonds is 21. The molecule has 0 spiro atoms. The van der Waals surface area contributed by atoms with Gasteiger partial charge in [0.25, 0.3) is 0 Å². The number of anilines is 1. The van der Waals surface area contributed by atoms with E-state index in [4.69, 9.17) is 28.9 Å². The molecular weight excluding hydrogens is 797 g/mol. The van der Waals surface area contributed by atoms with Gasteiger partial charge < -0.3 is 42.3 Å². The third-order valence-electron chi connectivity index (χ3n) is 9.42. The molecule has 0 aliphatic rings. The molecule has 16 nitrogen and oxygen atoms in total. The van der Waals surface area contributed by atoms with Gasteiger partial charge >= 0.3 is 6.03 Å². The summed E-state index contributed by atoms with van der Waals surface area (Å²) in [5.74, 6) is -2.05. The van der Waals surface area contributed by atoms with Crippen molar-refractivity contribution in [3.05, 3.63) is 118 Å². The standard InChI is InChI=1S/C41H49Cl2N11O5/c1-25(55)49-37(20-30-23-45-24-47-30)40(58)52-36(17-26-9-3-2-4-10-26)39(57)51-35(13-7-8-16-48-54-41(59)53-34-15-14-28(42)19-32(34)43)38(56)50-29(21-44)18-27-22-46-33-12-6-5-11-31(27)33/h2-6,9-12,14-15,19,22-24,29,35-37,46,48H,7-8,13,16-18,20-21,44H2,1H3,(H,45,47)(H,49,55)(H,50,56)(H,51,57)(H,52,58)(H2,53,54,59)/t29-,35-,36+,37-/m0/s1. The maximum absolute atomic E-state index is 14.2. The van der Waals surface area contributed by atoms with Crippen LogP contribution >= 0.6 is 23.2 Å². The average Bonchev–Trinajstić information content (AvgIpc) is 3.89. The largest absolute Gasteiger partial charge is 0.361 e. The van der Waals surface area contributed by atoms with Crippen molar-refractivity contribution >= 4 is 69.5 Å². The number of nitrogens with two attached hydrogens (primary N) is 1. The summed E-state index contributed by atoms with van der Waals surface area (Å²) in [6.45, 7) is 1.78. The number of hydrazine groups is 1. The predicted octanol–water partition coefficient (Wildman–Crippen LogP) is 3.64. The number of nitrogens with one attached hydrogen (secondary N) is 9. The van der Waals surface area contributed by atoms with E-state index >= 15 is 0 Å². The first kappa shape index (κ1) is 44.2. The van der Waals surface area contributed by atoms with Gasteiger partial charge in [-0.15, -0.1) is 0 Å². The number of unbranched alkanes of at least 4 members (excludes halogenated alkanes) is 1. The number of halogens is 2. The maximum Gasteiger partial charge on any atom is 0.333 e. The molecule has 59 heavy (non-hydrogen) atoms. The van der Waals surface area contributed by atoms with Crippen LogP contribution in [0.1, 0.15) is 43.0 Å². The maximum atomic E-state index is 14.2. The summed E-state index contributed by atoms with van der Waals surface area (Å²) in [5, 5.41) is 15.8. The van der Waals surface area contributed by atoms with Gasteiger partial charge in [-0.1, -0.05) is 71.7 Å². The molecule has 0 saturated carbocycles. The van der Waals surface area contributed by atoms with Crippen LogP contribution in [0.5, 0.6) is 0 Å². The van der Waals surface area contributed by atoms with Crippen LogP contribution in [0.3, 0.4) is 0 Å². The zero-order valence-electron chi connectivity index (χ0n) is 32.4. The molecule has 2 heterocycles. The number of para-hydroxylation sites is 1. The first-order chi connectivity index (χ1) is 28.5. The number of imidazole rings is 1. The van der Waals surface area contributed by atoms with Gasteiger partial charge in [0, 0.05) is 72.9 Å². The molecule has 0 radical (unpaired) electrons. The summed E-state index contributed by atoms with van der Waals surface area (Å²) in [5.41, 5.74) is 15.3. The lowest BCUT2D eigenvalue weighted by Gasteiger charge is -2.26. The lowest BCUT2D eigenvalue weighted by atomic mass is 10.0. The van der Waals surface area contributed by atoms with Gasteiger partial charge in [-0.3, -0.25) is 24.6 Å². The van der Waals surface area contributed by atoms with E-state index in [0.29, 0.717) is 42.2 Å². The third kappa shape index (κ3) is 13.8. The van der Waals surface area contributed by atoms with Gasteiger partial charge in [0.2, 0.25) is 23.6 Å². The molecule has 0 fully saturated rings. The monoisotopic (exact) mass is 845 g/mol. The van der Waals surface area contributed by atoms with E-state index in [1.807, 2.05) is 60.8 Å². The normalized spacial score (nSPS) is 13.1. The number of carbonyl (C=O) groups excluding carboxylic acids is 5. The number of hydrogen-bond donors (Lipinski definition) is 10. The van der Waals surface area contributed by atoms with Crippen molar-refractivity contribution in [1.29, 1.82) is 0 Å². The SMILES string of the molecule is CC(=O)N[C@@H](Cc1cnc[nH]1)C(=O)N[C@H](Cc1ccccc1)C(=O)N[C@@H](CCCCNNC(=O)Nc1ccc(Cl)cc1Cl)C(=O)N[C@H](CN)Cc1c[nH]c2ccccc12. The predicted molar refractivity (Wildman–Crippen MR) is 227 cm³/mol. The van der Waals surface area contributed by atoms with E-state index < -0.39 is 53.8 Å². The summed E-state index contributed by atoms with van der Waals surface area (Å²) >= 11 is 12.1. The van der Waals surface area contributed by atoms with Gasteiger partial charge in [-0.25, -0.2) is 15.2 Å². The molecule has 0 unspecified atom stereocenters. The summed E-state index contributed by atoms with van der Waals surface area (Å²) in [6.07, 6.45) is 6.74. The van der Waals surface area contributed by atoms with Crippen LogP contribution in [0.15, 0.2) is 91.5 Å². The molecule has 0 aliphatic carbocycles. The smallest absolute Gasteiger partial charge is 0.333 e. The van der Waals surface area contributed by atoms with E-state index in [2.05, 4.69) is 52.4 Å². The summed E-state index contributed by atoms with van der Waals surface area (Å²) in [4.78, 5) is 76.7. The van der Waals surface area contributed by atoms with Gasteiger partial charge in [0.1, 0.15) is 18.1 Å². The molecule has 18 heteroatoms. The van der Waals surface area contributed by atoms with Gasteiger partial charge in [-0.05, 0) is 61.1 Å². The lowest BCUT2D eigenvalue weighted by Crippen LogP contribution is -2.58. The highest BCUT2D eigenvalue weighted by molar-refractivity contribution is 6.36. The molecule has 312 valence electrons. The second kappa shape index (κ2) is 22.3. The number of fused-ring (bicyclic) bond motifs is 1. The zero-order chi connectivity index (χ0) is 42.1. The number of carbonyl (C=O) groups is 5. The minimum atomic E-state index is -1.12. The second-order valence-electron chi connectivity index (χ2n) is 14.0. The van der Waals surface area contributed by atoms with Gasteiger partial charge in [0.05, 0.1) is 17.0 Å². The van der Waals surface area contributed by atoms with Crippen LogP contribution in [0.4, 0.5) is 10.5 Å². The van der Waals surface area contributed by atoms with E-state index in [1.165, 1.54) is 19.3 Å². The Hall–Kier alpha value is -5.94. The molecule has 11 N–H and O–H groups in total. The van der Waals surface area contributed by atoms with Crippen molar-refractivity contribution in [3.63, 3.8) is 0 Å². The number of nitrogens with zero attached hydrogens (tertiary/aromatic N) is 1. The van der Waals surface area contributed by atoms with E-state index in [-0.39, 0.29) is 30.8 Å². The van der Waals surface area contributed by atoms with Crippen LogP contribution < -0.4 is 43.2 Å². The Bertz CT molecular complexity index is 2170. The van der Waals surface area contributed by atoms with Crippen molar-refractivity contribution in [1.82, 2.24) is 47.1 Å². The van der Waals surface area contributed by atoms with E-state index in [9.17, 15) is 24.0 Å². The molecular formula is C41H49Cl2N11O5. The van der Waals surface area contributed by atoms with Crippen molar-refractivity contribution in [2.75, 3.05) is 18.4 Å². The number of benzene rings is 3. The Balaban J connectivity index is 1.27. The first-order valence-corrected chi connectivity index (χ1v) is 19.9. The number of urea groups is 1. The fraction of sp³-hybridized carbons (Fsp3) is 0.317. The Labute approximate surface area is 351 Å². The van der Waals surface area contributed by atoms with E-state index in [0.717, 1.165) is 22.0 Å². The van der Waals surface area contributed by atoms with Crippen LogP contribution in [0, 0.1) is 0 Å². The Morgan fingerprint density at radius 2 is 1.49 bits per heavy atom. The molecule has 5 aromatic rings. The summed E-state index contributed by atoms with van der Waals surface area (Å²) < 4.78 is 0. The van der Waals surface area contributed by atoms with Gasteiger partial charge in [-0.2, -0.15) is 0 Å². The molecule has 4 atom stereocenters. The lowest BCUT2D eigenvalue weighted by molar-refractivity contribution is -0.133. The van der Waals surface area contributed by atoms with Crippen LogP contribution in [-0.4, -0.2) is 81.9 Å². The van der Waals surface area contributed by atoms with E-state index in [1.54, 1.807) is 18.3 Å². The number of H-pyrrole nitrogens is 2. The third-order valence-corrected chi connectivity index (χ3v) is 9.97. The summed E-state index contributed by atoms with van der Waals surface area (Å²) in [6, 6.07) is 17.5. The van der Waals surface area contributed by atoms with Crippen LogP contribution in [-0.2, 0) is 38.4 Å². The Morgan fingerprint density at radius 3 is 2.20 bits per heavy atom. The molecule has 0 bridgehead atoms. The number of hydrogen-bond acceptors (Lipinski definition) is 8. The zero-order valence-corrected chi connectivity index (χ0v) is 34.0. The fourth-order valence-electron chi connectivity index (χ4n) is 6.45. The highest BCUT2D eigenvalue weighted by Crippen LogP contribution is 2.25. The number of amides is 6. The van der Waals surface area contributed by atoms with Crippen LogP contribution in [0.2, 0.25) is 10.0 Å². The average molecular weight is 847 g/mol. The quantitative estimate of drug-likeness (QED) is 0.0386. The van der Waals surface area contributed by atoms with Crippen molar-refractivity contribution < 1.29 is 24.0 Å². The Kier molecular flexibility index (Phi) is 16.7. The Morgan fingerprint density at radius 1 is 0.780 bits per heavy atom. The minimum absolute atomic E-state index is 0.104.